The van der Waals surface area contributed by atoms with Crippen molar-refractivity contribution in [2.75, 3.05) is 0 Å². The van der Waals surface area contributed by atoms with Crippen LogP contribution in [0.1, 0.15) is 47.7 Å². The molecule has 0 radical (unpaired) electrons. The molecule has 1 aliphatic carbocycles. The molecule has 1 fully saturated rings. The minimum Gasteiger partial charge on any atom is -0.486 e. The van der Waals surface area contributed by atoms with E-state index >= 15 is 0 Å². The van der Waals surface area contributed by atoms with E-state index in [1.54, 1.807) is 0 Å². The molecule has 0 atom stereocenters. The van der Waals surface area contributed by atoms with Crippen molar-refractivity contribution in [1.29, 1.82) is 0 Å². The summed E-state index contributed by atoms with van der Waals surface area (Å²) in [7, 11) is 0. The summed E-state index contributed by atoms with van der Waals surface area (Å²) in [5.74, 6) is 2.56. The molecular formula is C30H28N2O. The van der Waals surface area contributed by atoms with Crippen LogP contribution in [0, 0.1) is 0 Å². The lowest BCUT2D eigenvalue weighted by molar-refractivity contribution is 0.0466. The van der Waals surface area contributed by atoms with Crippen LogP contribution in [0.3, 0.4) is 0 Å². The number of rotatable bonds is 6. The van der Waals surface area contributed by atoms with E-state index < -0.39 is 0 Å². The Morgan fingerprint density at radius 2 is 1.39 bits per heavy atom. The molecular weight excluding hydrogens is 404 g/mol. The summed E-state index contributed by atoms with van der Waals surface area (Å²) in [6, 6.07) is 27.9. The Bertz CT molecular complexity index is 1190. The molecule has 1 aliphatic heterocycles. The van der Waals surface area contributed by atoms with E-state index in [1.807, 2.05) is 12.4 Å². The Balaban J connectivity index is 1.34. The Morgan fingerprint density at radius 1 is 0.758 bits per heavy atom. The first-order chi connectivity index (χ1) is 16.3. The first-order valence-electron chi connectivity index (χ1n) is 12.0. The molecule has 2 heterocycles. The fourth-order valence-electron chi connectivity index (χ4n) is 5.10. The number of fused-ring (bicyclic) bond motifs is 1. The zero-order valence-electron chi connectivity index (χ0n) is 18.8. The van der Waals surface area contributed by atoms with E-state index in [4.69, 9.17) is 4.74 Å². The van der Waals surface area contributed by atoms with Crippen LogP contribution in [0.5, 0.6) is 5.75 Å². The largest absolute Gasteiger partial charge is 0.486 e. The van der Waals surface area contributed by atoms with Crippen LogP contribution in [-0.2, 0) is 19.3 Å². The van der Waals surface area contributed by atoms with Crippen LogP contribution in [0.15, 0.2) is 91.3 Å². The summed E-state index contributed by atoms with van der Waals surface area (Å²) < 4.78 is 6.92. The van der Waals surface area contributed by atoms with E-state index in [1.165, 1.54) is 35.1 Å². The third-order valence-electron chi connectivity index (χ3n) is 6.95. The van der Waals surface area contributed by atoms with Gasteiger partial charge >= 0.3 is 0 Å². The summed E-state index contributed by atoms with van der Waals surface area (Å²) in [4.78, 5) is 9.31. The Kier molecular flexibility index (Phi) is 5.18. The summed E-state index contributed by atoms with van der Waals surface area (Å²) in [5, 5.41) is 0. The number of ether oxygens (including phenoxy) is 1. The Labute approximate surface area is 195 Å². The highest BCUT2D eigenvalue weighted by Crippen LogP contribution is 2.42. The van der Waals surface area contributed by atoms with E-state index in [2.05, 4.69) is 88.8 Å². The molecule has 3 nitrogen and oxygen atoms in total. The fraction of sp³-hybridized carbons (Fsp3) is 0.267. The lowest BCUT2D eigenvalue weighted by Gasteiger charge is -2.40. The van der Waals surface area contributed by atoms with Gasteiger partial charge in [0.1, 0.15) is 17.2 Å². The minimum atomic E-state index is -0.263. The Morgan fingerprint density at radius 3 is 2.00 bits per heavy atom. The van der Waals surface area contributed by atoms with Gasteiger partial charge in [-0.1, -0.05) is 72.8 Å². The smallest absolute Gasteiger partial charge is 0.131 e. The second kappa shape index (κ2) is 8.47. The van der Waals surface area contributed by atoms with Gasteiger partial charge in [-0.3, -0.25) is 0 Å². The van der Waals surface area contributed by atoms with Gasteiger partial charge in [-0.05, 0) is 48.4 Å². The molecule has 0 N–H and O–H groups in total. The van der Waals surface area contributed by atoms with Crippen LogP contribution in [0.25, 0.3) is 11.1 Å². The quantitative estimate of drug-likeness (QED) is 0.346. The first-order valence-corrected chi connectivity index (χ1v) is 12.0. The van der Waals surface area contributed by atoms with E-state index in [-0.39, 0.29) is 5.60 Å². The third kappa shape index (κ3) is 4.28. The van der Waals surface area contributed by atoms with Crippen molar-refractivity contribution < 1.29 is 4.74 Å². The maximum absolute atomic E-state index is 6.92. The number of aromatic nitrogens is 2. The molecule has 6 rings (SSSR count). The predicted octanol–water partition coefficient (Wildman–Crippen LogP) is 6.57. The number of hydrogen-bond acceptors (Lipinski definition) is 3. The molecule has 0 bridgehead atoms. The Hall–Kier alpha value is -3.46. The lowest BCUT2D eigenvalue weighted by atomic mass is 9.80. The molecule has 0 spiro atoms. The molecule has 0 unspecified atom stereocenters. The van der Waals surface area contributed by atoms with Crippen LogP contribution in [-0.4, -0.2) is 15.6 Å². The van der Waals surface area contributed by atoms with Gasteiger partial charge in [0.05, 0.1) is 0 Å². The minimum absolute atomic E-state index is 0.263. The molecule has 3 aromatic carbocycles. The van der Waals surface area contributed by atoms with Crippen LogP contribution in [0.4, 0.5) is 0 Å². The monoisotopic (exact) mass is 432 g/mol. The van der Waals surface area contributed by atoms with Gasteiger partial charge in [-0.15, -0.1) is 0 Å². The molecule has 1 saturated carbocycles. The van der Waals surface area contributed by atoms with Crippen LogP contribution in [0.2, 0.25) is 0 Å². The van der Waals surface area contributed by atoms with E-state index in [9.17, 15) is 0 Å². The van der Waals surface area contributed by atoms with Gasteiger partial charge in [0.15, 0.2) is 0 Å². The number of benzene rings is 3. The van der Waals surface area contributed by atoms with Gasteiger partial charge in [-0.25, -0.2) is 9.97 Å². The molecule has 164 valence electrons. The summed E-state index contributed by atoms with van der Waals surface area (Å²) in [6.45, 7) is 0. The van der Waals surface area contributed by atoms with Gasteiger partial charge in [-0.2, -0.15) is 0 Å². The maximum atomic E-state index is 6.92. The summed E-state index contributed by atoms with van der Waals surface area (Å²) in [5.41, 5.74) is 5.92. The van der Waals surface area contributed by atoms with Gasteiger partial charge < -0.3 is 4.74 Å². The molecule has 0 amide bonds. The molecule has 0 saturated heterocycles. The standard InChI is InChI=1S/C30H28N2O/c1-3-8-22(9-4-1)18-30(19-23-10-5-2-6-11-23)17-16-27-26(12-7-13-28(27)33-30)25-20-31-29(32-21-25)24-14-15-24/h1-13,20-21,24H,14-19H2. The summed E-state index contributed by atoms with van der Waals surface area (Å²) in [6.07, 6.45) is 10.2. The van der Waals surface area contributed by atoms with Crippen molar-refractivity contribution in [1.82, 2.24) is 9.97 Å². The second-order valence-electron chi connectivity index (χ2n) is 9.50. The van der Waals surface area contributed by atoms with Crippen LogP contribution >= 0.6 is 0 Å². The SMILES string of the molecule is c1ccc(CC2(Cc3ccccc3)CCc3c(cccc3-c3cnc(C4CC4)nc3)O2)cc1. The average Bonchev–Trinajstić information content (AvgIpc) is 3.71. The van der Waals surface area contributed by atoms with Gasteiger partial charge in [0, 0.05) is 42.3 Å². The highest BCUT2D eigenvalue weighted by atomic mass is 16.5. The van der Waals surface area contributed by atoms with Crippen molar-refractivity contribution >= 4 is 0 Å². The number of nitrogens with zero attached hydrogens (tertiary/aromatic N) is 2. The fourth-order valence-corrected chi connectivity index (χ4v) is 5.10. The summed E-state index contributed by atoms with van der Waals surface area (Å²) >= 11 is 0. The zero-order chi connectivity index (χ0) is 22.1. The van der Waals surface area contributed by atoms with Crippen molar-refractivity contribution in [3.05, 3.63) is 114 Å². The molecule has 3 heteroatoms. The van der Waals surface area contributed by atoms with Gasteiger partial charge in [0.25, 0.3) is 0 Å². The van der Waals surface area contributed by atoms with Gasteiger partial charge in [0.2, 0.25) is 0 Å². The highest BCUT2D eigenvalue weighted by molar-refractivity contribution is 5.69. The van der Waals surface area contributed by atoms with Crippen LogP contribution < -0.4 is 4.74 Å². The van der Waals surface area contributed by atoms with Crippen molar-refractivity contribution in [2.24, 2.45) is 0 Å². The van der Waals surface area contributed by atoms with Crippen molar-refractivity contribution in [2.45, 2.75) is 50.0 Å². The first kappa shape index (κ1) is 20.2. The predicted molar refractivity (Wildman–Crippen MR) is 131 cm³/mol. The van der Waals surface area contributed by atoms with E-state index in [0.717, 1.165) is 42.8 Å². The maximum Gasteiger partial charge on any atom is 0.131 e. The highest BCUT2D eigenvalue weighted by Gasteiger charge is 2.37. The number of hydrogen-bond donors (Lipinski definition) is 0. The van der Waals surface area contributed by atoms with Crippen molar-refractivity contribution in [3.8, 4) is 16.9 Å². The molecule has 4 aromatic rings. The molecule has 33 heavy (non-hydrogen) atoms. The van der Waals surface area contributed by atoms with E-state index in [0.29, 0.717) is 5.92 Å². The molecule has 2 aliphatic rings. The molecule has 1 aromatic heterocycles. The average molecular weight is 433 g/mol. The normalized spacial score (nSPS) is 16.6. The topological polar surface area (TPSA) is 35.0 Å². The third-order valence-corrected chi connectivity index (χ3v) is 6.95. The van der Waals surface area contributed by atoms with Crippen molar-refractivity contribution in [3.63, 3.8) is 0 Å². The zero-order valence-corrected chi connectivity index (χ0v) is 18.8. The lowest BCUT2D eigenvalue weighted by Crippen LogP contribution is -2.44. The second-order valence-corrected chi connectivity index (χ2v) is 9.50.